The molecule has 1 spiro atoms. The number of amidine groups is 1. The zero-order valence-electron chi connectivity index (χ0n) is 16.3. The van der Waals surface area contributed by atoms with Crippen LogP contribution in [0.3, 0.4) is 0 Å². The van der Waals surface area contributed by atoms with Crippen LogP contribution in [0.4, 0.5) is 4.39 Å². The monoisotopic (exact) mass is 379 g/mol. The highest BCUT2D eigenvalue weighted by atomic mass is 19.1. The van der Waals surface area contributed by atoms with Gasteiger partial charge in [-0.2, -0.15) is 0 Å². The minimum absolute atomic E-state index is 0.000713. The average molecular weight is 379 g/mol. The number of rotatable bonds is 1. The van der Waals surface area contributed by atoms with Crippen molar-refractivity contribution in [3.63, 3.8) is 0 Å². The molecule has 0 amide bonds. The number of fused-ring (bicyclic) bond motifs is 1. The van der Waals surface area contributed by atoms with Gasteiger partial charge in [0, 0.05) is 13.1 Å². The van der Waals surface area contributed by atoms with E-state index in [1.54, 1.807) is 12.1 Å². The van der Waals surface area contributed by atoms with Crippen LogP contribution in [-0.4, -0.2) is 54.6 Å². The molecule has 3 aliphatic rings. The Hall–Kier alpha value is -2.40. The van der Waals surface area contributed by atoms with Gasteiger partial charge >= 0.3 is 0 Å². The zero-order valence-corrected chi connectivity index (χ0v) is 16.3. The highest BCUT2D eigenvalue weighted by Crippen LogP contribution is 2.38. The predicted molar refractivity (Wildman–Crippen MR) is 108 cm³/mol. The molecule has 3 aliphatic heterocycles. The number of piperidine rings is 1. The van der Waals surface area contributed by atoms with E-state index in [1.165, 1.54) is 11.1 Å². The van der Waals surface area contributed by atoms with Gasteiger partial charge in [0.15, 0.2) is 0 Å². The standard InChI is InChI=1S/C23H26FN3O/c1-26-13-4-12-23(15-26)16-28-22(25-23)27-14-11-17-5-2-3-6-20(17)21(27)18-7-9-19(24)10-8-18/h2-3,5-10,21H,4,11-16H2,1H3/t21-,23?/m0/s1. The number of aliphatic imine (C=N–C) groups is 1. The summed E-state index contributed by atoms with van der Waals surface area (Å²) in [5.41, 5.74) is 3.56. The Kier molecular flexibility index (Phi) is 4.35. The molecule has 146 valence electrons. The van der Waals surface area contributed by atoms with Crippen molar-refractivity contribution in [3.8, 4) is 0 Å². The first kappa shape index (κ1) is 17.7. The van der Waals surface area contributed by atoms with Crippen molar-refractivity contribution >= 4 is 6.02 Å². The fourth-order valence-corrected chi connectivity index (χ4v) is 4.94. The molecule has 1 saturated heterocycles. The lowest BCUT2D eigenvalue weighted by Crippen LogP contribution is -2.46. The molecule has 5 heteroatoms. The molecule has 1 unspecified atom stereocenters. The number of likely N-dealkylation sites (N-methyl/N-ethyl adjacent to an activating group) is 1. The van der Waals surface area contributed by atoms with E-state index in [9.17, 15) is 4.39 Å². The van der Waals surface area contributed by atoms with Crippen LogP contribution < -0.4 is 0 Å². The second-order valence-electron chi connectivity index (χ2n) is 8.35. The summed E-state index contributed by atoms with van der Waals surface area (Å²) in [4.78, 5) is 9.75. The molecule has 0 bridgehead atoms. The molecule has 2 atom stereocenters. The zero-order chi connectivity index (χ0) is 19.1. The van der Waals surface area contributed by atoms with Gasteiger partial charge in [0.2, 0.25) is 0 Å². The Balaban J connectivity index is 1.54. The molecule has 28 heavy (non-hydrogen) atoms. The molecule has 1 fully saturated rings. The van der Waals surface area contributed by atoms with E-state index in [0.29, 0.717) is 6.61 Å². The summed E-state index contributed by atoms with van der Waals surface area (Å²) in [5.74, 6) is -0.210. The van der Waals surface area contributed by atoms with Crippen molar-refractivity contribution in [1.29, 1.82) is 0 Å². The van der Waals surface area contributed by atoms with E-state index < -0.39 is 0 Å². The number of ether oxygens (including phenoxy) is 1. The van der Waals surface area contributed by atoms with Gasteiger partial charge in [0.25, 0.3) is 6.02 Å². The molecule has 4 nitrogen and oxygen atoms in total. The Morgan fingerprint density at radius 1 is 1.11 bits per heavy atom. The molecule has 2 aromatic carbocycles. The van der Waals surface area contributed by atoms with Crippen molar-refractivity contribution in [3.05, 3.63) is 71.0 Å². The number of nitrogens with zero attached hydrogens (tertiary/aromatic N) is 3. The van der Waals surface area contributed by atoms with E-state index in [4.69, 9.17) is 9.73 Å². The summed E-state index contributed by atoms with van der Waals surface area (Å²) in [7, 11) is 2.16. The quantitative estimate of drug-likeness (QED) is 0.758. The molecule has 5 rings (SSSR count). The summed E-state index contributed by atoms with van der Waals surface area (Å²) in [6.07, 6.45) is 3.19. The molecule has 0 saturated carbocycles. The second-order valence-corrected chi connectivity index (χ2v) is 8.35. The minimum Gasteiger partial charge on any atom is -0.462 e. The minimum atomic E-state index is -0.210. The lowest BCUT2D eigenvalue weighted by Gasteiger charge is -2.38. The SMILES string of the molecule is CN1CCCC2(COC(N3CCc4ccccc4[C@@H]3c3ccc(F)cc3)=N2)C1. The second kappa shape index (κ2) is 6.89. The van der Waals surface area contributed by atoms with Gasteiger partial charge in [-0.3, -0.25) is 0 Å². The molecule has 3 heterocycles. The van der Waals surface area contributed by atoms with Crippen LogP contribution >= 0.6 is 0 Å². The van der Waals surface area contributed by atoms with Crippen molar-refractivity contribution in [1.82, 2.24) is 9.80 Å². The van der Waals surface area contributed by atoms with Crippen LogP contribution in [0.2, 0.25) is 0 Å². The van der Waals surface area contributed by atoms with E-state index in [2.05, 4.69) is 41.1 Å². The average Bonchev–Trinajstić information content (AvgIpc) is 3.10. The number of halogens is 1. The van der Waals surface area contributed by atoms with Crippen molar-refractivity contribution in [2.45, 2.75) is 30.8 Å². The first-order chi connectivity index (χ1) is 13.6. The lowest BCUT2D eigenvalue weighted by atomic mass is 9.88. The molecule has 0 radical (unpaired) electrons. The maximum atomic E-state index is 13.6. The van der Waals surface area contributed by atoms with Gasteiger partial charge in [0.1, 0.15) is 18.0 Å². The number of hydrogen-bond donors (Lipinski definition) is 0. The Morgan fingerprint density at radius 3 is 2.75 bits per heavy atom. The van der Waals surface area contributed by atoms with E-state index >= 15 is 0 Å². The number of hydrogen-bond acceptors (Lipinski definition) is 4. The van der Waals surface area contributed by atoms with Crippen LogP contribution in [0.25, 0.3) is 0 Å². The summed E-state index contributed by atoms with van der Waals surface area (Å²) >= 11 is 0. The van der Waals surface area contributed by atoms with Gasteiger partial charge in [-0.05, 0) is 61.7 Å². The molecule has 0 N–H and O–H groups in total. The van der Waals surface area contributed by atoms with Gasteiger partial charge in [0.05, 0.1) is 6.04 Å². The Bertz CT molecular complexity index is 897. The fourth-order valence-electron chi connectivity index (χ4n) is 4.94. The summed E-state index contributed by atoms with van der Waals surface area (Å²) < 4.78 is 19.8. The highest BCUT2D eigenvalue weighted by Gasteiger charge is 2.43. The van der Waals surface area contributed by atoms with Crippen LogP contribution in [0.1, 0.15) is 35.6 Å². The molecular formula is C23H26FN3O. The van der Waals surface area contributed by atoms with Crippen LogP contribution in [0, 0.1) is 5.82 Å². The van der Waals surface area contributed by atoms with Crippen LogP contribution in [0.15, 0.2) is 53.5 Å². The third-order valence-electron chi connectivity index (χ3n) is 6.26. The highest BCUT2D eigenvalue weighted by molar-refractivity contribution is 5.78. The summed E-state index contributed by atoms with van der Waals surface area (Å²) in [6.45, 7) is 3.58. The first-order valence-electron chi connectivity index (χ1n) is 10.1. The summed E-state index contributed by atoms with van der Waals surface area (Å²) in [5, 5.41) is 0. The normalized spacial score (nSPS) is 27.4. The largest absolute Gasteiger partial charge is 0.462 e. The maximum Gasteiger partial charge on any atom is 0.288 e. The molecular weight excluding hydrogens is 353 g/mol. The topological polar surface area (TPSA) is 28.1 Å². The lowest BCUT2D eigenvalue weighted by molar-refractivity contribution is 0.136. The third kappa shape index (κ3) is 3.08. The van der Waals surface area contributed by atoms with E-state index in [1.807, 2.05) is 12.1 Å². The van der Waals surface area contributed by atoms with Gasteiger partial charge in [-0.25, -0.2) is 9.38 Å². The maximum absolute atomic E-state index is 13.6. The predicted octanol–water partition coefficient (Wildman–Crippen LogP) is 3.62. The molecule has 2 aromatic rings. The van der Waals surface area contributed by atoms with Crippen molar-refractivity contribution in [2.75, 3.05) is 33.3 Å². The first-order valence-corrected chi connectivity index (χ1v) is 10.1. The van der Waals surface area contributed by atoms with Gasteiger partial charge < -0.3 is 14.5 Å². The third-order valence-corrected chi connectivity index (χ3v) is 6.26. The Morgan fingerprint density at radius 2 is 1.93 bits per heavy atom. The smallest absolute Gasteiger partial charge is 0.288 e. The summed E-state index contributed by atoms with van der Waals surface area (Å²) in [6, 6.07) is 16.1. The molecule has 0 aliphatic carbocycles. The van der Waals surface area contributed by atoms with Crippen molar-refractivity contribution in [2.24, 2.45) is 4.99 Å². The molecule has 0 aromatic heterocycles. The van der Waals surface area contributed by atoms with Gasteiger partial charge in [-0.1, -0.05) is 36.4 Å². The Labute approximate surface area is 165 Å². The number of benzene rings is 2. The van der Waals surface area contributed by atoms with Crippen LogP contribution in [-0.2, 0) is 11.2 Å². The van der Waals surface area contributed by atoms with E-state index in [-0.39, 0.29) is 17.4 Å². The van der Waals surface area contributed by atoms with E-state index in [0.717, 1.165) is 50.5 Å². The van der Waals surface area contributed by atoms with Gasteiger partial charge in [-0.15, -0.1) is 0 Å². The number of likely N-dealkylation sites (tertiary alicyclic amines) is 1. The fraction of sp³-hybridized carbons (Fsp3) is 0.435. The van der Waals surface area contributed by atoms with Crippen molar-refractivity contribution < 1.29 is 9.13 Å². The van der Waals surface area contributed by atoms with Crippen LogP contribution in [0.5, 0.6) is 0 Å².